The lowest BCUT2D eigenvalue weighted by molar-refractivity contribution is 0.0611. The van der Waals surface area contributed by atoms with Crippen molar-refractivity contribution in [2.75, 3.05) is 0 Å². The highest BCUT2D eigenvalue weighted by molar-refractivity contribution is 6.09. The smallest absolute Gasteiger partial charge is 0.293 e. The van der Waals surface area contributed by atoms with E-state index in [4.69, 9.17) is 15.1 Å². The van der Waals surface area contributed by atoms with Crippen LogP contribution >= 0.6 is 0 Å². The number of ether oxygens (including phenoxy) is 1. The van der Waals surface area contributed by atoms with Crippen LogP contribution in [0.5, 0.6) is 5.75 Å². The van der Waals surface area contributed by atoms with Crippen LogP contribution in [0.4, 0.5) is 0 Å². The average Bonchev–Trinajstić information content (AvgIpc) is 3.20. The minimum absolute atomic E-state index is 0.0852. The van der Waals surface area contributed by atoms with Crippen molar-refractivity contribution in [2.24, 2.45) is 5.84 Å². The van der Waals surface area contributed by atoms with Gasteiger partial charge < -0.3 is 9.26 Å². The molecule has 4 rings (SSSR count). The minimum atomic E-state index is -0.695. The summed E-state index contributed by atoms with van der Waals surface area (Å²) in [6, 6.07) is 17.2. The first-order valence-electron chi connectivity index (χ1n) is 10.1. The number of carbonyl (C=O) groups is 2. The second kappa shape index (κ2) is 8.99. The third-order valence-electron chi connectivity index (χ3n) is 5.11. The van der Waals surface area contributed by atoms with Crippen molar-refractivity contribution in [1.82, 2.24) is 15.1 Å². The summed E-state index contributed by atoms with van der Waals surface area (Å²) >= 11 is 0. The second-order valence-electron chi connectivity index (χ2n) is 7.21. The summed E-state index contributed by atoms with van der Waals surface area (Å²) in [7, 11) is 0. The number of amides is 2. The highest BCUT2D eigenvalue weighted by atomic mass is 16.5. The Balaban J connectivity index is 1.49. The largest absolute Gasteiger partial charge is 0.489 e. The average molecular weight is 430 g/mol. The van der Waals surface area contributed by atoms with Crippen molar-refractivity contribution >= 4 is 22.7 Å². The van der Waals surface area contributed by atoms with Gasteiger partial charge in [-0.3, -0.25) is 9.59 Å². The Morgan fingerprint density at radius 3 is 2.69 bits per heavy atom. The molecule has 2 heterocycles. The summed E-state index contributed by atoms with van der Waals surface area (Å²) in [6.45, 7) is 4.07. The van der Waals surface area contributed by atoms with Crippen LogP contribution in [0, 0.1) is 6.92 Å². The number of pyridine rings is 1. The molecule has 2 amide bonds. The summed E-state index contributed by atoms with van der Waals surface area (Å²) in [5, 5.41) is 5.41. The molecule has 162 valence electrons. The maximum Gasteiger partial charge on any atom is 0.293 e. The first-order chi connectivity index (χ1) is 15.5. The minimum Gasteiger partial charge on any atom is -0.489 e. The monoisotopic (exact) mass is 430 g/mol. The number of para-hydroxylation sites is 1. The van der Waals surface area contributed by atoms with Gasteiger partial charge in [0.1, 0.15) is 23.8 Å². The molecule has 2 aromatic heterocycles. The van der Waals surface area contributed by atoms with Gasteiger partial charge in [-0.25, -0.2) is 15.8 Å². The second-order valence-corrected chi connectivity index (χ2v) is 7.21. The molecule has 8 heteroatoms. The number of rotatable bonds is 6. The van der Waals surface area contributed by atoms with Gasteiger partial charge in [0.2, 0.25) is 0 Å². The van der Waals surface area contributed by atoms with E-state index in [0.717, 1.165) is 22.4 Å². The molecule has 0 radical (unpaired) electrons. The van der Waals surface area contributed by atoms with Crippen LogP contribution in [0.15, 0.2) is 65.2 Å². The van der Waals surface area contributed by atoms with E-state index in [1.807, 2.05) is 32.0 Å². The first-order valence-corrected chi connectivity index (χ1v) is 10.1. The van der Waals surface area contributed by atoms with Crippen LogP contribution in [-0.4, -0.2) is 27.0 Å². The molecule has 2 aromatic carbocycles. The molecule has 0 aliphatic heterocycles. The standard InChI is InChI=1S/C24H22N4O4/c1-3-22-19(15(2)27-32-22)14-31-18-9-6-8-17(13-18)23(29)28(25)24(30)21-12-11-16-7-4-5-10-20(16)26-21/h4-13H,3,14,25H2,1-2H3. The topological polar surface area (TPSA) is 112 Å². The van der Waals surface area contributed by atoms with Gasteiger partial charge in [-0.15, -0.1) is 0 Å². The van der Waals surface area contributed by atoms with Crippen LogP contribution < -0.4 is 10.6 Å². The van der Waals surface area contributed by atoms with Crippen molar-refractivity contribution in [3.05, 3.63) is 88.9 Å². The maximum absolute atomic E-state index is 12.8. The molecular formula is C24H22N4O4. The van der Waals surface area contributed by atoms with Gasteiger partial charge in [0.05, 0.1) is 16.8 Å². The lowest BCUT2D eigenvalue weighted by atomic mass is 10.1. The molecule has 0 aliphatic rings. The molecule has 8 nitrogen and oxygen atoms in total. The van der Waals surface area contributed by atoms with Gasteiger partial charge in [0.25, 0.3) is 11.8 Å². The zero-order valence-electron chi connectivity index (χ0n) is 17.7. The van der Waals surface area contributed by atoms with E-state index in [0.29, 0.717) is 22.7 Å². The molecule has 0 bridgehead atoms. The molecule has 0 aliphatic carbocycles. The molecule has 4 aromatic rings. The van der Waals surface area contributed by atoms with Crippen molar-refractivity contribution in [1.29, 1.82) is 0 Å². The predicted molar refractivity (Wildman–Crippen MR) is 118 cm³/mol. The fourth-order valence-corrected chi connectivity index (χ4v) is 3.31. The number of nitrogens with zero attached hydrogens (tertiary/aromatic N) is 3. The number of benzene rings is 2. The Bertz CT molecular complexity index is 1300. The van der Waals surface area contributed by atoms with Crippen LogP contribution in [0.1, 0.15) is 44.8 Å². The molecule has 0 atom stereocenters. The van der Waals surface area contributed by atoms with Crippen LogP contribution in [0.2, 0.25) is 0 Å². The van der Waals surface area contributed by atoms with Gasteiger partial charge >= 0.3 is 0 Å². The van der Waals surface area contributed by atoms with E-state index in [-0.39, 0.29) is 17.9 Å². The highest BCUT2D eigenvalue weighted by Crippen LogP contribution is 2.20. The van der Waals surface area contributed by atoms with Gasteiger partial charge in [-0.1, -0.05) is 42.4 Å². The number of hydrogen-bond donors (Lipinski definition) is 1. The lowest BCUT2D eigenvalue weighted by Crippen LogP contribution is -2.43. The zero-order valence-corrected chi connectivity index (χ0v) is 17.7. The number of carbonyl (C=O) groups excluding carboxylic acids is 2. The van der Waals surface area contributed by atoms with Crippen LogP contribution in [0.3, 0.4) is 0 Å². The Kier molecular flexibility index (Phi) is 5.96. The van der Waals surface area contributed by atoms with E-state index >= 15 is 0 Å². The van der Waals surface area contributed by atoms with E-state index in [1.165, 1.54) is 6.07 Å². The molecule has 0 saturated heterocycles. The third kappa shape index (κ3) is 4.21. The molecule has 2 N–H and O–H groups in total. The number of aromatic nitrogens is 2. The van der Waals surface area contributed by atoms with E-state index in [9.17, 15) is 9.59 Å². The van der Waals surface area contributed by atoms with Gasteiger partial charge in [0.15, 0.2) is 0 Å². The number of fused-ring (bicyclic) bond motifs is 1. The fourth-order valence-electron chi connectivity index (χ4n) is 3.31. The maximum atomic E-state index is 12.8. The fraction of sp³-hybridized carbons (Fsp3) is 0.167. The first kappa shape index (κ1) is 21.2. The summed E-state index contributed by atoms with van der Waals surface area (Å²) in [5.41, 5.74) is 2.59. The van der Waals surface area contributed by atoms with Crippen molar-refractivity contribution in [3.63, 3.8) is 0 Å². The quantitative estimate of drug-likeness (QED) is 0.214. The SMILES string of the molecule is CCc1onc(C)c1COc1cccc(C(=O)N(N)C(=O)c2ccc3ccccc3n2)c1. The van der Waals surface area contributed by atoms with Gasteiger partial charge in [-0.2, -0.15) is 0 Å². The zero-order chi connectivity index (χ0) is 22.7. The molecule has 0 saturated carbocycles. The van der Waals surface area contributed by atoms with Crippen molar-refractivity contribution in [3.8, 4) is 5.75 Å². The Labute approximate surface area is 184 Å². The Hall–Kier alpha value is -4.04. The van der Waals surface area contributed by atoms with Crippen molar-refractivity contribution < 1.29 is 18.8 Å². The van der Waals surface area contributed by atoms with Crippen LogP contribution in [-0.2, 0) is 13.0 Å². The van der Waals surface area contributed by atoms with Gasteiger partial charge in [-0.05, 0) is 37.3 Å². The van der Waals surface area contributed by atoms with Gasteiger partial charge in [0, 0.05) is 17.4 Å². The molecule has 0 spiro atoms. The normalized spacial score (nSPS) is 10.8. The molecule has 0 fully saturated rings. The Morgan fingerprint density at radius 2 is 1.88 bits per heavy atom. The van der Waals surface area contributed by atoms with E-state index in [1.54, 1.807) is 36.4 Å². The van der Waals surface area contributed by atoms with Crippen molar-refractivity contribution in [2.45, 2.75) is 26.9 Å². The van der Waals surface area contributed by atoms with E-state index < -0.39 is 11.8 Å². The molecule has 32 heavy (non-hydrogen) atoms. The number of hydrogen-bond acceptors (Lipinski definition) is 7. The number of hydrazine groups is 1. The third-order valence-corrected chi connectivity index (χ3v) is 5.11. The highest BCUT2D eigenvalue weighted by Gasteiger charge is 2.23. The number of imide groups is 1. The van der Waals surface area contributed by atoms with E-state index in [2.05, 4.69) is 10.1 Å². The Morgan fingerprint density at radius 1 is 1.06 bits per heavy atom. The summed E-state index contributed by atoms with van der Waals surface area (Å²) in [4.78, 5) is 29.9. The molecular weight excluding hydrogens is 408 g/mol. The molecule has 0 unspecified atom stereocenters. The number of nitrogens with two attached hydrogens (primary N) is 1. The predicted octanol–water partition coefficient (Wildman–Crippen LogP) is 3.83. The van der Waals surface area contributed by atoms with Crippen LogP contribution in [0.25, 0.3) is 10.9 Å². The lowest BCUT2D eigenvalue weighted by Gasteiger charge is -2.15. The summed E-state index contributed by atoms with van der Waals surface area (Å²) in [6.07, 6.45) is 0.700. The summed E-state index contributed by atoms with van der Waals surface area (Å²) in [5.74, 6) is 5.73. The number of aryl methyl sites for hydroxylation is 2. The summed E-state index contributed by atoms with van der Waals surface area (Å²) < 4.78 is 11.1.